The Morgan fingerprint density at radius 1 is 0.982 bits per heavy atom. The Morgan fingerprint density at radius 2 is 1.65 bits per heavy atom. The molecule has 300 valence electrons. The SMILES string of the molecule is Cc1cn2cc(NC(=O)c3ccc(N4CCC(N(C(=O)OC(C)(C)C)C5CC5)CC4)c4cn(C)nc34)nc2c(CNS(=O)(=O)CCO[Si](C)(C)C(C)(C)C)n1. The minimum atomic E-state index is -3.66. The highest BCUT2D eigenvalue weighted by Gasteiger charge is 2.41. The lowest BCUT2D eigenvalue weighted by atomic mass is 10.0. The molecule has 0 atom stereocenters. The number of anilines is 2. The highest BCUT2D eigenvalue weighted by molar-refractivity contribution is 7.89. The number of rotatable bonds is 12. The molecule has 4 heterocycles. The van der Waals surface area contributed by atoms with Crippen LogP contribution in [0.3, 0.4) is 0 Å². The second-order valence-corrected chi connectivity index (χ2v) is 24.2. The van der Waals surface area contributed by atoms with Crippen molar-refractivity contribution < 1.29 is 27.2 Å². The highest BCUT2D eigenvalue weighted by Crippen LogP contribution is 2.37. The van der Waals surface area contributed by atoms with Crippen LogP contribution in [0.2, 0.25) is 18.1 Å². The van der Waals surface area contributed by atoms with Gasteiger partial charge < -0.3 is 28.7 Å². The third-order valence-corrected chi connectivity index (χ3v) is 16.5. The van der Waals surface area contributed by atoms with Crippen LogP contribution in [0.4, 0.5) is 16.3 Å². The molecule has 0 spiro atoms. The van der Waals surface area contributed by atoms with Crippen LogP contribution in [-0.2, 0) is 32.8 Å². The standard InChI is InChI=1S/C38H57N9O6SSi/c1-25-22-46-24-32(41-34(46)30(40-25)21-39-54(50,51)20-19-52-55(9,10)38(5,6)7)42-35(48)28-13-14-31(29-23-44(8)43-33(28)29)45-17-15-27(16-18-45)47(26-11-12-26)36(49)53-37(2,3)4/h13-14,22-24,26-27,39H,11-12,15-21H2,1-10H3,(H,42,48). The number of imidazole rings is 1. The molecule has 2 N–H and O–H groups in total. The smallest absolute Gasteiger partial charge is 0.410 e. The summed E-state index contributed by atoms with van der Waals surface area (Å²) in [6.45, 7) is 19.6. The predicted octanol–water partition coefficient (Wildman–Crippen LogP) is 5.99. The number of hydrogen-bond donors (Lipinski definition) is 2. The fraction of sp³-hybridized carbons (Fsp3) is 0.605. The molecule has 15 nitrogen and oxygen atoms in total. The van der Waals surface area contributed by atoms with Crippen LogP contribution in [0.5, 0.6) is 0 Å². The Bertz CT molecular complexity index is 2180. The molecule has 0 unspecified atom stereocenters. The zero-order valence-corrected chi connectivity index (χ0v) is 35.7. The van der Waals surface area contributed by atoms with Gasteiger partial charge in [-0.25, -0.2) is 22.9 Å². The molecule has 1 aromatic carbocycles. The van der Waals surface area contributed by atoms with Gasteiger partial charge >= 0.3 is 6.09 Å². The van der Waals surface area contributed by atoms with Gasteiger partial charge in [0.25, 0.3) is 5.91 Å². The van der Waals surface area contributed by atoms with Gasteiger partial charge in [0.1, 0.15) is 11.1 Å². The molecule has 0 radical (unpaired) electrons. The number of amides is 2. The second-order valence-electron chi connectivity index (χ2n) is 17.4. The summed E-state index contributed by atoms with van der Waals surface area (Å²) in [6, 6.07) is 4.12. The monoisotopic (exact) mass is 795 g/mol. The van der Waals surface area contributed by atoms with Crippen molar-refractivity contribution in [2.75, 3.05) is 35.7 Å². The van der Waals surface area contributed by atoms with Crippen molar-refractivity contribution in [2.24, 2.45) is 7.05 Å². The van der Waals surface area contributed by atoms with Crippen molar-refractivity contribution >= 4 is 58.4 Å². The average molecular weight is 796 g/mol. The summed E-state index contributed by atoms with van der Waals surface area (Å²) < 4.78 is 43.8. The predicted molar refractivity (Wildman–Crippen MR) is 216 cm³/mol. The van der Waals surface area contributed by atoms with Crippen molar-refractivity contribution in [1.82, 2.24) is 33.8 Å². The number of carbonyl (C=O) groups excluding carboxylic acids is 2. The molecule has 2 amide bonds. The number of ether oxygens (including phenoxy) is 1. The molecule has 1 saturated carbocycles. The number of nitrogens with one attached hydrogen (secondary N) is 2. The lowest BCUT2D eigenvalue weighted by molar-refractivity contribution is 0.0113. The maximum atomic E-state index is 13.8. The zero-order chi connectivity index (χ0) is 40.1. The fourth-order valence-electron chi connectivity index (χ4n) is 6.75. The number of carbonyl (C=O) groups is 2. The molecule has 0 bridgehead atoms. The first-order chi connectivity index (χ1) is 25.6. The summed E-state index contributed by atoms with van der Waals surface area (Å²) in [4.78, 5) is 40.4. The number of aromatic nitrogens is 5. The molecule has 2 fully saturated rings. The van der Waals surface area contributed by atoms with Crippen molar-refractivity contribution in [3.05, 3.63) is 47.7 Å². The van der Waals surface area contributed by atoms with Crippen LogP contribution in [0, 0.1) is 6.92 Å². The number of piperidine rings is 1. The van der Waals surface area contributed by atoms with E-state index in [1.807, 2.05) is 51.9 Å². The largest absolute Gasteiger partial charge is 0.444 e. The summed E-state index contributed by atoms with van der Waals surface area (Å²) in [6.07, 6.45) is 8.82. The zero-order valence-electron chi connectivity index (χ0n) is 33.9. The first-order valence-electron chi connectivity index (χ1n) is 19.1. The Labute approximate surface area is 325 Å². The minimum absolute atomic E-state index is 0.0234. The van der Waals surface area contributed by atoms with E-state index in [2.05, 4.69) is 63.9 Å². The van der Waals surface area contributed by atoms with Gasteiger partial charge in [0.15, 0.2) is 19.8 Å². The van der Waals surface area contributed by atoms with E-state index in [-0.39, 0.29) is 48.0 Å². The van der Waals surface area contributed by atoms with E-state index in [4.69, 9.17) is 9.16 Å². The number of fused-ring (bicyclic) bond motifs is 2. The van der Waals surface area contributed by atoms with Crippen molar-refractivity contribution in [1.29, 1.82) is 0 Å². The van der Waals surface area contributed by atoms with Crippen molar-refractivity contribution in [3.8, 4) is 0 Å². The first kappa shape index (κ1) is 40.6. The Kier molecular flexibility index (Phi) is 11.2. The normalized spacial score (nSPS) is 16.2. The third kappa shape index (κ3) is 9.49. The van der Waals surface area contributed by atoms with Crippen LogP contribution in [0.1, 0.15) is 89.0 Å². The number of aryl methyl sites for hydroxylation is 2. The molecule has 4 aromatic rings. The Balaban J connectivity index is 1.13. The van der Waals surface area contributed by atoms with Crippen molar-refractivity contribution in [3.63, 3.8) is 0 Å². The van der Waals surface area contributed by atoms with Gasteiger partial charge in [-0.1, -0.05) is 20.8 Å². The lowest BCUT2D eigenvalue weighted by Crippen LogP contribution is -2.50. The third-order valence-electron chi connectivity index (χ3n) is 10.7. The van der Waals surface area contributed by atoms with E-state index in [1.54, 1.807) is 27.5 Å². The van der Waals surface area contributed by atoms with E-state index in [9.17, 15) is 18.0 Å². The van der Waals surface area contributed by atoms with E-state index in [0.29, 0.717) is 33.9 Å². The Morgan fingerprint density at radius 3 is 2.29 bits per heavy atom. The summed E-state index contributed by atoms with van der Waals surface area (Å²) in [5.74, 6) is -0.239. The fourth-order valence-corrected chi connectivity index (χ4v) is 8.74. The molecule has 1 saturated heterocycles. The van der Waals surface area contributed by atoms with Crippen molar-refractivity contribution in [2.45, 2.75) is 117 Å². The molecule has 1 aliphatic carbocycles. The van der Waals surface area contributed by atoms with Crippen LogP contribution < -0.4 is 14.9 Å². The lowest BCUT2D eigenvalue weighted by Gasteiger charge is -2.40. The number of sulfonamides is 1. The molecule has 17 heteroatoms. The molecule has 2 aliphatic rings. The van der Waals surface area contributed by atoms with E-state index < -0.39 is 23.9 Å². The minimum Gasteiger partial charge on any atom is -0.444 e. The van der Waals surface area contributed by atoms with Gasteiger partial charge in [-0.3, -0.25) is 14.5 Å². The van der Waals surface area contributed by atoms with Gasteiger partial charge in [0.05, 0.1) is 35.4 Å². The van der Waals surface area contributed by atoms with Crippen LogP contribution in [0.25, 0.3) is 16.6 Å². The summed E-state index contributed by atoms with van der Waals surface area (Å²) in [7, 11) is -3.91. The quantitative estimate of drug-likeness (QED) is 0.163. The van der Waals surface area contributed by atoms with Gasteiger partial charge in [-0.15, -0.1) is 0 Å². The van der Waals surface area contributed by atoms with Gasteiger partial charge in [-0.05, 0) is 83.6 Å². The molecular formula is C38H57N9O6SSi. The van der Waals surface area contributed by atoms with Gasteiger partial charge in [0, 0.05) is 62.3 Å². The summed E-state index contributed by atoms with van der Waals surface area (Å²) >= 11 is 0. The van der Waals surface area contributed by atoms with Gasteiger partial charge in [-0.2, -0.15) is 5.10 Å². The molecule has 3 aromatic heterocycles. The average Bonchev–Trinajstić information content (AvgIpc) is 3.68. The maximum absolute atomic E-state index is 13.8. The number of nitrogens with zero attached hydrogens (tertiary/aromatic N) is 7. The number of benzene rings is 1. The maximum Gasteiger partial charge on any atom is 0.410 e. The first-order valence-corrected chi connectivity index (χ1v) is 23.7. The highest BCUT2D eigenvalue weighted by atomic mass is 32.2. The number of hydrogen-bond acceptors (Lipinski definition) is 10. The van der Waals surface area contributed by atoms with Crippen LogP contribution >= 0.6 is 0 Å². The molecular weight excluding hydrogens is 739 g/mol. The van der Waals surface area contributed by atoms with Crippen LogP contribution in [0.15, 0.2) is 30.7 Å². The molecule has 1 aliphatic heterocycles. The topological polar surface area (TPSA) is 165 Å². The summed E-state index contributed by atoms with van der Waals surface area (Å²) in [5.41, 5.74) is 2.94. The molecule has 55 heavy (non-hydrogen) atoms. The van der Waals surface area contributed by atoms with Gasteiger partial charge in [0.2, 0.25) is 10.0 Å². The van der Waals surface area contributed by atoms with E-state index in [0.717, 1.165) is 49.8 Å². The summed E-state index contributed by atoms with van der Waals surface area (Å²) in [5, 5.41) is 8.43. The van der Waals surface area contributed by atoms with E-state index in [1.165, 1.54) is 0 Å². The van der Waals surface area contributed by atoms with Crippen LogP contribution in [-0.4, -0.2) is 101 Å². The molecule has 6 rings (SSSR count). The van der Waals surface area contributed by atoms with E-state index >= 15 is 0 Å². The Hall–Kier alpha value is -4.06. The second kappa shape index (κ2) is 15.1.